The monoisotopic (exact) mass is 243 g/mol. The summed E-state index contributed by atoms with van der Waals surface area (Å²) >= 11 is 12.4. The summed E-state index contributed by atoms with van der Waals surface area (Å²) in [6.45, 7) is 3.63. The van der Waals surface area contributed by atoms with Crippen LogP contribution < -0.4 is 5.32 Å². The molecule has 0 aliphatic heterocycles. The van der Waals surface area contributed by atoms with Gasteiger partial charge in [0, 0.05) is 16.5 Å². The highest BCUT2D eigenvalue weighted by Gasteiger charge is 1.96. The number of halogens is 1. The fourth-order valence-electron chi connectivity index (χ4n) is 0.822. The maximum absolute atomic E-state index is 5.75. The van der Waals surface area contributed by atoms with E-state index in [1.807, 2.05) is 30.3 Å². The van der Waals surface area contributed by atoms with Crippen LogP contribution in [0.2, 0.25) is 5.02 Å². The summed E-state index contributed by atoms with van der Waals surface area (Å²) in [5.74, 6) is 0.819. The van der Waals surface area contributed by atoms with Gasteiger partial charge in [-0.3, -0.25) is 0 Å². The Bertz CT molecular complexity index is 321. The maximum Gasteiger partial charge on any atom is 0.138 e. The molecule has 1 nitrogen and oxygen atoms in total. The Hall–Kier alpha value is -0.510. The molecule has 0 aromatic heterocycles. The normalized spacial score (nSPS) is 9.50. The van der Waals surface area contributed by atoms with E-state index in [9.17, 15) is 0 Å². The van der Waals surface area contributed by atoms with Crippen LogP contribution in [0.4, 0.5) is 5.69 Å². The van der Waals surface area contributed by atoms with E-state index < -0.39 is 0 Å². The first kappa shape index (κ1) is 11.6. The highest BCUT2D eigenvalue weighted by Crippen LogP contribution is 2.15. The van der Waals surface area contributed by atoms with Crippen molar-refractivity contribution in [3.63, 3.8) is 0 Å². The fourth-order valence-corrected chi connectivity index (χ4v) is 1.73. The van der Waals surface area contributed by atoms with Gasteiger partial charge in [-0.25, -0.2) is 0 Å². The molecule has 0 saturated carbocycles. The largest absolute Gasteiger partial charge is 0.341 e. The van der Waals surface area contributed by atoms with E-state index in [1.54, 1.807) is 11.8 Å². The summed E-state index contributed by atoms with van der Waals surface area (Å²) in [6, 6.07) is 7.43. The van der Waals surface area contributed by atoms with Gasteiger partial charge in [-0.1, -0.05) is 41.7 Å². The van der Waals surface area contributed by atoms with Crippen LogP contribution >= 0.6 is 35.6 Å². The third-order valence-corrected chi connectivity index (χ3v) is 2.90. The molecule has 1 aromatic carbocycles. The zero-order valence-electron chi connectivity index (χ0n) is 7.50. The van der Waals surface area contributed by atoms with Gasteiger partial charge in [-0.15, -0.1) is 6.58 Å². The van der Waals surface area contributed by atoms with E-state index >= 15 is 0 Å². The van der Waals surface area contributed by atoms with Gasteiger partial charge in [0.2, 0.25) is 0 Å². The van der Waals surface area contributed by atoms with E-state index in [2.05, 4.69) is 11.9 Å². The van der Waals surface area contributed by atoms with E-state index in [4.69, 9.17) is 23.8 Å². The number of thiocarbonyl (C=S) groups is 1. The van der Waals surface area contributed by atoms with Crippen LogP contribution in [-0.4, -0.2) is 10.1 Å². The van der Waals surface area contributed by atoms with Crippen molar-refractivity contribution in [3.05, 3.63) is 41.9 Å². The standard InChI is InChI=1S/C10H10ClNS2/c1-2-7-14-10(13)12-9-5-3-8(11)4-6-9/h2-6H,1,7H2,(H,12,13). The van der Waals surface area contributed by atoms with Crippen LogP contribution in [0.25, 0.3) is 0 Å². The minimum Gasteiger partial charge on any atom is -0.341 e. The molecule has 4 heteroatoms. The molecule has 0 amide bonds. The van der Waals surface area contributed by atoms with E-state index in [0.717, 1.165) is 20.8 Å². The van der Waals surface area contributed by atoms with Crippen molar-refractivity contribution in [3.8, 4) is 0 Å². The summed E-state index contributed by atoms with van der Waals surface area (Å²) in [5, 5.41) is 3.81. The molecule has 1 N–H and O–H groups in total. The van der Waals surface area contributed by atoms with Gasteiger partial charge in [0.15, 0.2) is 0 Å². The molecule has 0 fully saturated rings. The van der Waals surface area contributed by atoms with Gasteiger partial charge in [-0.2, -0.15) is 0 Å². The second-order valence-electron chi connectivity index (χ2n) is 2.52. The molecular formula is C10H10ClNS2. The second kappa shape index (κ2) is 6.06. The summed E-state index contributed by atoms with van der Waals surface area (Å²) in [7, 11) is 0. The van der Waals surface area contributed by atoms with Crippen molar-refractivity contribution in [2.45, 2.75) is 0 Å². The first-order chi connectivity index (χ1) is 6.72. The summed E-state index contributed by atoms with van der Waals surface area (Å²) in [6.07, 6.45) is 1.82. The molecule has 0 radical (unpaired) electrons. The number of hydrogen-bond acceptors (Lipinski definition) is 2. The van der Waals surface area contributed by atoms with Crippen LogP contribution in [-0.2, 0) is 0 Å². The molecule has 0 spiro atoms. The molecule has 74 valence electrons. The summed E-state index contributed by atoms with van der Waals surface area (Å²) in [5.41, 5.74) is 0.955. The first-order valence-electron chi connectivity index (χ1n) is 4.02. The Morgan fingerprint density at radius 1 is 1.50 bits per heavy atom. The minimum absolute atomic E-state index is 0.722. The van der Waals surface area contributed by atoms with Gasteiger partial charge in [0.1, 0.15) is 4.32 Å². The molecule has 1 rings (SSSR count). The molecule has 1 aromatic rings. The smallest absolute Gasteiger partial charge is 0.138 e. The highest BCUT2D eigenvalue weighted by atomic mass is 35.5. The van der Waals surface area contributed by atoms with Crippen LogP contribution in [0.15, 0.2) is 36.9 Å². The molecule has 0 bridgehead atoms. The van der Waals surface area contributed by atoms with Gasteiger partial charge in [-0.05, 0) is 24.3 Å². The lowest BCUT2D eigenvalue weighted by molar-refractivity contribution is 1.66. The van der Waals surface area contributed by atoms with Gasteiger partial charge in [0.25, 0.3) is 0 Å². The van der Waals surface area contributed by atoms with Gasteiger partial charge in [0.05, 0.1) is 0 Å². The summed E-state index contributed by atoms with van der Waals surface area (Å²) < 4.78 is 0.743. The SMILES string of the molecule is C=CCSC(=S)Nc1ccc(Cl)cc1. The zero-order chi connectivity index (χ0) is 10.4. The number of rotatable bonds is 3. The van der Waals surface area contributed by atoms with Gasteiger partial charge < -0.3 is 5.32 Å². The first-order valence-corrected chi connectivity index (χ1v) is 5.80. The van der Waals surface area contributed by atoms with Gasteiger partial charge >= 0.3 is 0 Å². The molecule has 14 heavy (non-hydrogen) atoms. The van der Waals surface area contributed by atoms with Crippen molar-refractivity contribution in [1.82, 2.24) is 0 Å². The average Bonchev–Trinajstić information content (AvgIpc) is 2.18. The van der Waals surface area contributed by atoms with Crippen LogP contribution in [0.3, 0.4) is 0 Å². The molecule has 0 unspecified atom stereocenters. The van der Waals surface area contributed by atoms with E-state index in [1.165, 1.54) is 0 Å². The Balaban J connectivity index is 2.47. The average molecular weight is 244 g/mol. The van der Waals surface area contributed by atoms with Crippen molar-refractivity contribution < 1.29 is 0 Å². The zero-order valence-corrected chi connectivity index (χ0v) is 9.88. The third-order valence-electron chi connectivity index (χ3n) is 1.42. The lowest BCUT2D eigenvalue weighted by Gasteiger charge is -2.05. The van der Waals surface area contributed by atoms with Crippen molar-refractivity contribution in [2.24, 2.45) is 0 Å². The van der Waals surface area contributed by atoms with Crippen molar-refractivity contribution in [2.75, 3.05) is 11.1 Å². The molecule has 0 atom stereocenters. The van der Waals surface area contributed by atoms with Crippen LogP contribution in [0, 0.1) is 0 Å². The number of anilines is 1. The highest BCUT2D eigenvalue weighted by molar-refractivity contribution is 8.23. The fraction of sp³-hybridized carbons (Fsp3) is 0.100. The second-order valence-corrected chi connectivity index (χ2v) is 4.65. The molecule has 0 saturated heterocycles. The van der Waals surface area contributed by atoms with E-state index in [-0.39, 0.29) is 0 Å². The number of thioether (sulfide) groups is 1. The topological polar surface area (TPSA) is 12.0 Å². The molecular weight excluding hydrogens is 234 g/mol. The Morgan fingerprint density at radius 2 is 2.14 bits per heavy atom. The van der Waals surface area contributed by atoms with Crippen LogP contribution in [0.1, 0.15) is 0 Å². The predicted octanol–water partition coefficient (Wildman–Crippen LogP) is 3.96. The van der Waals surface area contributed by atoms with Crippen molar-refractivity contribution in [1.29, 1.82) is 0 Å². The third kappa shape index (κ3) is 4.13. The Kier molecular flexibility index (Phi) is 5.01. The predicted molar refractivity (Wildman–Crippen MR) is 70.3 cm³/mol. The number of nitrogens with one attached hydrogen (secondary N) is 1. The van der Waals surface area contributed by atoms with E-state index in [0.29, 0.717) is 0 Å². The lowest BCUT2D eigenvalue weighted by atomic mass is 10.3. The van der Waals surface area contributed by atoms with Crippen LogP contribution in [0.5, 0.6) is 0 Å². The Morgan fingerprint density at radius 3 is 2.71 bits per heavy atom. The maximum atomic E-state index is 5.75. The molecule has 0 aliphatic carbocycles. The minimum atomic E-state index is 0.722. The number of hydrogen-bond donors (Lipinski definition) is 1. The molecule has 0 heterocycles. The summed E-state index contributed by atoms with van der Waals surface area (Å²) in [4.78, 5) is 0. The van der Waals surface area contributed by atoms with Crippen molar-refractivity contribution >= 4 is 45.6 Å². The quantitative estimate of drug-likeness (QED) is 0.638. The molecule has 0 aliphatic rings. The lowest BCUT2D eigenvalue weighted by Crippen LogP contribution is -2.04. The Labute approximate surface area is 98.5 Å². The number of benzene rings is 1.